The fourth-order valence-corrected chi connectivity index (χ4v) is 4.89. The smallest absolute Gasteiger partial charge is 0.303 e. The molecule has 0 aromatic rings. The second-order valence-electron chi connectivity index (χ2n) is 10.8. The summed E-state index contributed by atoms with van der Waals surface area (Å²) < 4.78 is 11.9. The third kappa shape index (κ3) is 8.99. The van der Waals surface area contributed by atoms with Crippen molar-refractivity contribution in [2.75, 3.05) is 7.05 Å². The van der Waals surface area contributed by atoms with E-state index < -0.39 is 54.1 Å². The lowest BCUT2D eigenvalue weighted by molar-refractivity contribution is -0.267. The molecular formula is C30H43NO9. The first-order valence-electron chi connectivity index (χ1n) is 13.6. The molecule has 0 spiro atoms. The molecule has 4 N–H and O–H groups in total. The minimum atomic E-state index is -1.06. The van der Waals surface area contributed by atoms with Gasteiger partial charge in [0, 0.05) is 25.8 Å². The second-order valence-corrected chi connectivity index (χ2v) is 10.8. The number of amides is 1. The van der Waals surface area contributed by atoms with Crippen molar-refractivity contribution < 1.29 is 44.3 Å². The normalized spacial score (nSPS) is 29.4. The summed E-state index contributed by atoms with van der Waals surface area (Å²) in [5, 5.41) is 39.1. The molecule has 0 aliphatic carbocycles. The first-order chi connectivity index (χ1) is 18.7. The van der Waals surface area contributed by atoms with Crippen molar-refractivity contribution in [3.63, 3.8) is 0 Å². The van der Waals surface area contributed by atoms with Gasteiger partial charge in [0.05, 0.1) is 24.4 Å². The first kappa shape index (κ1) is 33.2. The number of ketones is 1. The van der Waals surface area contributed by atoms with Crippen molar-refractivity contribution >= 4 is 17.7 Å². The third-order valence-corrected chi connectivity index (χ3v) is 7.07. The van der Waals surface area contributed by atoms with E-state index in [1.807, 2.05) is 26.0 Å². The highest BCUT2D eigenvalue weighted by Gasteiger charge is 2.42. The largest absolute Gasteiger partial charge is 0.507 e. The van der Waals surface area contributed by atoms with E-state index >= 15 is 0 Å². The summed E-state index contributed by atoms with van der Waals surface area (Å²) in [6, 6.07) is -0.899. The van der Waals surface area contributed by atoms with Gasteiger partial charge in [0.15, 0.2) is 12.1 Å². The standard InChI is InChI=1S/C30H43NO9/c1-17(2)29(40-25-16-23(33)27(36)20(5)39-25)19(4)15-18(3)11-9-7-8-10-12-22(32)26-28(37)21(13-14-24(34)35)31(6)30(26)38/h7-12,15,17,19-21,23,25,27,29,32-33,36H,13-14,16H2,1-6H3,(H,34,35)/b8-7+,11-9+,12-10+,18-15+,26-22-/t19?,20-,21?,23+,25+,27-,29?/m1/s1. The van der Waals surface area contributed by atoms with Crippen molar-refractivity contribution in [3.05, 3.63) is 59.4 Å². The Kier molecular flexibility index (Phi) is 12.5. The molecule has 7 atom stereocenters. The lowest BCUT2D eigenvalue weighted by atomic mass is 9.92. The average Bonchev–Trinajstić information content (AvgIpc) is 3.08. The molecule has 2 aliphatic rings. The van der Waals surface area contributed by atoms with Gasteiger partial charge in [0.1, 0.15) is 17.4 Å². The van der Waals surface area contributed by atoms with Gasteiger partial charge in [-0.15, -0.1) is 0 Å². The molecular weight excluding hydrogens is 518 g/mol. The van der Waals surface area contributed by atoms with Crippen molar-refractivity contribution in [2.45, 2.75) is 90.6 Å². The van der Waals surface area contributed by atoms with E-state index in [2.05, 4.69) is 19.9 Å². The van der Waals surface area contributed by atoms with Crippen LogP contribution in [0.5, 0.6) is 0 Å². The maximum atomic E-state index is 12.5. The lowest BCUT2D eigenvalue weighted by Crippen LogP contribution is -2.49. The van der Waals surface area contributed by atoms with E-state index in [0.29, 0.717) is 0 Å². The van der Waals surface area contributed by atoms with Crippen LogP contribution in [0.25, 0.3) is 0 Å². The molecule has 1 amide bonds. The zero-order valence-corrected chi connectivity index (χ0v) is 24.1. The van der Waals surface area contributed by atoms with Crippen LogP contribution in [-0.2, 0) is 23.9 Å². The Hall–Kier alpha value is -3.05. The van der Waals surface area contributed by atoms with Gasteiger partial charge in [-0.3, -0.25) is 14.4 Å². The Bertz CT molecular complexity index is 1060. The number of carbonyl (C=O) groups is 3. The third-order valence-electron chi connectivity index (χ3n) is 7.07. The van der Waals surface area contributed by atoms with Gasteiger partial charge in [-0.05, 0) is 32.3 Å². The highest BCUT2D eigenvalue weighted by Crippen LogP contribution is 2.28. The van der Waals surface area contributed by atoms with Crippen molar-refractivity contribution in [3.8, 4) is 0 Å². The van der Waals surface area contributed by atoms with Crippen LogP contribution in [0.2, 0.25) is 0 Å². The molecule has 2 aliphatic heterocycles. The minimum Gasteiger partial charge on any atom is -0.507 e. The number of rotatable bonds is 12. The molecule has 222 valence electrons. The molecule has 10 nitrogen and oxygen atoms in total. The number of likely N-dealkylation sites (tertiary alicyclic amines) is 1. The van der Waals surface area contributed by atoms with Crippen molar-refractivity contribution in [1.29, 1.82) is 0 Å². The monoisotopic (exact) mass is 561 g/mol. The molecule has 3 unspecified atom stereocenters. The number of carbonyl (C=O) groups excluding carboxylic acids is 2. The number of hydrogen-bond acceptors (Lipinski definition) is 8. The van der Waals surface area contributed by atoms with Crippen LogP contribution in [0.4, 0.5) is 0 Å². The molecule has 2 saturated heterocycles. The molecule has 2 rings (SSSR count). The number of Topliss-reactive ketones (excluding diaryl/α,β-unsaturated/α-hetero) is 1. The van der Waals surface area contributed by atoms with Crippen LogP contribution >= 0.6 is 0 Å². The van der Waals surface area contributed by atoms with Gasteiger partial charge < -0.3 is 34.8 Å². The fourth-order valence-electron chi connectivity index (χ4n) is 4.89. The van der Waals surface area contributed by atoms with E-state index in [9.17, 15) is 29.7 Å². The van der Waals surface area contributed by atoms with Gasteiger partial charge in [-0.1, -0.05) is 62.8 Å². The second kappa shape index (κ2) is 15.1. The predicted octanol–water partition coefficient (Wildman–Crippen LogP) is 3.22. The highest BCUT2D eigenvalue weighted by atomic mass is 16.7. The Balaban J connectivity index is 1.97. The Morgan fingerprint density at radius 1 is 1.10 bits per heavy atom. The number of aliphatic hydroxyl groups excluding tert-OH is 3. The van der Waals surface area contributed by atoms with E-state index in [4.69, 9.17) is 14.6 Å². The maximum Gasteiger partial charge on any atom is 0.303 e. The zero-order valence-electron chi connectivity index (χ0n) is 24.1. The molecule has 0 radical (unpaired) electrons. The Morgan fingerprint density at radius 2 is 1.73 bits per heavy atom. The molecule has 40 heavy (non-hydrogen) atoms. The molecule has 0 bridgehead atoms. The van der Waals surface area contributed by atoms with Crippen LogP contribution < -0.4 is 0 Å². The van der Waals surface area contributed by atoms with Gasteiger partial charge in [0.25, 0.3) is 5.91 Å². The van der Waals surface area contributed by atoms with E-state index in [0.717, 1.165) is 10.5 Å². The molecule has 0 aromatic heterocycles. The van der Waals surface area contributed by atoms with Crippen LogP contribution in [0, 0.1) is 11.8 Å². The molecule has 2 fully saturated rings. The Labute approximate surface area is 236 Å². The summed E-state index contributed by atoms with van der Waals surface area (Å²) in [4.78, 5) is 36.9. The number of allylic oxidation sites excluding steroid dienone is 7. The first-order valence-corrected chi connectivity index (χ1v) is 13.6. The summed E-state index contributed by atoms with van der Waals surface area (Å²) >= 11 is 0. The van der Waals surface area contributed by atoms with E-state index in [1.165, 1.54) is 19.2 Å². The van der Waals surface area contributed by atoms with Crippen LogP contribution in [0.1, 0.15) is 53.9 Å². The number of aliphatic carboxylic acids is 1. The zero-order chi connectivity index (χ0) is 30.1. The van der Waals surface area contributed by atoms with E-state index in [-0.39, 0.29) is 42.8 Å². The molecule has 10 heteroatoms. The lowest BCUT2D eigenvalue weighted by Gasteiger charge is -2.38. The highest BCUT2D eigenvalue weighted by molar-refractivity contribution is 6.26. The van der Waals surface area contributed by atoms with Gasteiger partial charge in [-0.25, -0.2) is 0 Å². The van der Waals surface area contributed by atoms with Gasteiger partial charge in [-0.2, -0.15) is 0 Å². The molecule has 0 aromatic carbocycles. The van der Waals surface area contributed by atoms with Crippen molar-refractivity contribution in [2.24, 2.45) is 11.8 Å². The number of likely N-dealkylation sites (N-methyl/N-ethyl adjacent to an activating group) is 1. The average molecular weight is 562 g/mol. The number of ether oxygens (including phenoxy) is 2. The number of carboxylic acid groups (broad SMARTS) is 1. The fraction of sp³-hybridized carbons (Fsp3) is 0.567. The quantitative estimate of drug-likeness (QED) is 0.122. The van der Waals surface area contributed by atoms with Crippen LogP contribution in [-0.4, -0.2) is 86.8 Å². The molecule has 2 heterocycles. The molecule has 0 saturated carbocycles. The summed E-state index contributed by atoms with van der Waals surface area (Å²) in [6.07, 6.45) is 8.75. The summed E-state index contributed by atoms with van der Waals surface area (Å²) in [6.45, 7) is 9.82. The van der Waals surface area contributed by atoms with Crippen molar-refractivity contribution in [1.82, 2.24) is 4.90 Å². The number of aliphatic hydroxyl groups is 3. The van der Waals surface area contributed by atoms with Gasteiger partial charge in [0.2, 0.25) is 0 Å². The van der Waals surface area contributed by atoms with Crippen LogP contribution in [0.3, 0.4) is 0 Å². The van der Waals surface area contributed by atoms with Crippen LogP contribution in [0.15, 0.2) is 59.4 Å². The van der Waals surface area contributed by atoms with Gasteiger partial charge >= 0.3 is 5.97 Å². The minimum absolute atomic E-state index is 0.0159. The number of hydrogen-bond donors (Lipinski definition) is 4. The maximum absolute atomic E-state index is 12.5. The summed E-state index contributed by atoms with van der Waals surface area (Å²) in [7, 11) is 1.41. The Morgan fingerprint density at radius 3 is 2.30 bits per heavy atom. The summed E-state index contributed by atoms with van der Waals surface area (Å²) in [5.41, 5.74) is 0.651. The summed E-state index contributed by atoms with van der Waals surface area (Å²) in [5.74, 6) is -2.52. The number of nitrogens with zero attached hydrogens (tertiary/aromatic N) is 1. The topological polar surface area (TPSA) is 154 Å². The SMILES string of the molecule is CC(/C=C/C=C/C=C/C(O)=C1\C(=O)C(CCC(=O)O)N(C)C1=O)=C\C(C)C(O[C@H]1C[C@H](O)[C@H](O)[C@@H](C)O1)C(C)C. The number of carboxylic acids is 1. The van der Waals surface area contributed by atoms with E-state index in [1.54, 1.807) is 19.1 Å². The predicted molar refractivity (Wildman–Crippen MR) is 149 cm³/mol.